The van der Waals surface area contributed by atoms with E-state index in [-0.39, 0.29) is 12.2 Å². The van der Waals surface area contributed by atoms with Crippen molar-refractivity contribution < 1.29 is 17.9 Å². The largest absolute Gasteiger partial charge is 0.495 e. The summed E-state index contributed by atoms with van der Waals surface area (Å²) < 4.78 is 31.4. The summed E-state index contributed by atoms with van der Waals surface area (Å²) in [6.07, 6.45) is 1.04. The molecule has 3 rings (SSSR count). The van der Waals surface area contributed by atoms with Gasteiger partial charge in [-0.15, -0.1) is 0 Å². The first-order valence-electron chi connectivity index (χ1n) is 9.29. The van der Waals surface area contributed by atoms with Crippen molar-refractivity contribution in [2.45, 2.75) is 19.5 Å². The maximum Gasteiger partial charge on any atom is 0.243 e. The fourth-order valence-electron chi connectivity index (χ4n) is 3.39. The van der Waals surface area contributed by atoms with Gasteiger partial charge in [-0.2, -0.15) is 0 Å². The molecule has 0 bridgehead atoms. The number of benzene rings is 3. The van der Waals surface area contributed by atoms with E-state index in [1.165, 1.54) is 20.1 Å². The number of ether oxygens (including phenoxy) is 1. The van der Waals surface area contributed by atoms with Crippen LogP contribution in [0, 0.1) is 0 Å². The molecule has 0 heterocycles. The second-order valence-electron chi connectivity index (χ2n) is 6.91. The van der Waals surface area contributed by atoms with E-state index in [4.69, 9.17) is 16.3 Å². The second-order valence-corrected chi connectivity index (χ2v) is 9.20. The quantitative estimate of drug-likeness (QED) is 0.595. The van der Waals surface area contributed by atoms with Crippen molar-refractivity contribution in [1.82, 2.24) is 5.32 Å². The number of halogens is 1. The lowest BCUT2D eigenvalue weighted by molar-refractivity contribution is -0.122. The van der Waals surface area contributed by atoms with Crippen LogP contribution < -0.4 is 14.4 Å². The molecule has 0 saturated heterocycles. The van der Waals surface area contributed by atoms with Crippen LogP contribution >= 0.6 is 11.6 Å². The number of fused-ring (bicyclic) bond motifs is 1. The second kappa shape index (κ2) is 8.93. The topological polar surface area (TPSA) is 75.7 Å². The number of sulfonamides is 1. The standard InChI is InChI=1S/C22H23ClN2O4S/c1-15(25(30(3,27)28)20-13-18(23)11-12-21(20)29-2)22(26)24-14-17-9-6-8-16-7-4-5-10-19(16)17/h4-13,15H,14H2,1-3H3,(H,24,26). The molecule has 0 spiro atoms. The highest BCUT2D eigenvalue weighted by atomic mass is 35.5. The maximum atomic E-state index is 12.9. The molecule has 6 nitrogen and oxygen atoms in total. The van der Waals surface area contributed by atoms with Crippen LogP contribution in [0.3, 0.4) is 0 Å². The van der Waals surface area contributed by atoms with Crippen molar-refractivity contribution in [2.24, 2.45) is 0 Å². The zero-order valence-corrected chi connectivity index (χ0v) is 18.5. The molecule has 1 unspecified atom stereocenters. The van der Waals surface area contributed by atoms with Crippen LogP contribution in [0.25, 0.3) is 10.8 Å². The summed E-state index contributed by atoms with van der Waals surface area (Å²) in [6.45, 7) is 1.80. The third kappa shape index (κ3) is 4.68. The number of carbonyl (C=O) groups is 1. The van der Waals surface area contributed by atoms with E-state index in [0.717, 1.165) is 26.9 Å². The Balaban J connectivity index is 1.87. The highest BCUT2D eigenvalue weighted by molar-refractivity contribution is 7.92. The fourth-order valence-corrected chi connectivity index (χ4v) is 4.73. The van der Waals surface area contributed by atoms with E-state index in [1.807, 2.05) is 42.5 Å². The van der Waals surface area contributed by atoms with Gasteiger partial charge in [-0.25, -0.2) is 8.42 Å². The Morgan fingerprint density at radius 1 is 1.13 bits per heavy atom. The Hall–Kier alpha value is -2.77. The number of nitrogens with one attached hydrogen (secondary N) is 1. The number of amides is 1. The summed E-state index contributed by atoms with van der Waals surface area (Å²) in [5.41, 5.74) is 1.15. The van der Waals surface area contributed by atoms with Gasteiger partial charge >= 0.3 is 0 Å². The van der Waals surface area contributed by atoms with Crippen LogP contribution in [0.4, 0.5) is 5.69 Å². The molecule has 158 valence electrons. The summed E-state index contributed by atoms with van der Waals surface area (Å²) in [5, 5.41) is 5.28. The molecular weight excluding hydrogens is 424 g/mol. The highest BCUT2D eigenvalue weighted by Crippen LogP contribution is 2.34. The van der Waals surface area contributed by atoms with Gasteiger partial charge < -0.3 is 10.1 Å². The Morgan fingerprint density at radius 3 is 2.53 bits per heavy atom. The average molecular weight is 447 g/mol. The average Bonchev–Trinajstić information content (AvgIpc) is 2.71. The van der Waals surface area contributed by atoms with Gasteiger partial charge in [0.2, 0.25) is 15.9 Å². The van der Waals surface area contributed by atoms with Crippen LogP contribution in [-0.4, -0.2) is 33.7 Å². The van der Waals surface area contributed by atoms with Crippen molar-refractivity contribution >= 4 is 44.0 Å². The molecule has 3 aromatic carbocycles. The molecule has 3 aromatic rings. The zero-order chi connectivity index (χ0) is 21.9. The predicted molar refractivity (Wildman–Crippen MR) is 121 cm³/mol. The molecule has 0 aliphatic rings. The molecule has 0 aromatic heterocycles. The smallest absolute Gasteiger partial charge is 0.243 e. The summed E-state index contributed by atoms with van der Waals surface area (Å²) in [6, 6.07) is 17.3. The molecule has 1 N–H and O–H groups in total. The predicted octanol–water partition coefficient (Wildman–Crippen LogP) is 3.97. The molecular formula is C22H23ClN2O4S. The van der Waals surface area contributed by atoms with Crippen molar-refractivity contribution in [3.8, 4) is 5.75 Å². The van der Waals surface area contributed by atoms with E-state index < -0.39 is 22.0 Å². The van der Waals surface area contributed by atoms with Gasteiger partial charge in [-0.1, -0.05) is 54.1 Å². The number of hydrogen-bond acceptors (Lipinski definition) is 4. The van der Waals surface area contributed by atoms with Gasteiger partial charge in [-0.05, 0) is 41.5 Å². The van der Waals surface area contributed by atoms with Gasteiger partial charge in [0.25, 0.3) is 0 Å². The minimum absolute atomic E-state index is 0.209. The first-order valence-corrected chi connectivity index (χ1v) is 11.5. The van der Waals surface area contributed by atoms with Crippen LogP contribution in [0.5, 0.6) is 5.75 Å². The summed E-state index contributed by atoms with van der Waals surface area (Å²) in [7, 11) is -2.37. The van der Waals surface area contributed by atoms with Crippen LogP contribution in [0.1, 0.15) is 12.5 Å². The lowest BCUT2D eigenvalue weighted by Crippen LogP contribution is -2.47. The van der Waals surface area contributed by atoms with Crippen LogP contribution in [-0.2, 0) is 21.4 Å². The monoisotopic (exact) mass is 446 g/mol. The minimum atomic E-state index is -3.80. The molecule has 1 amide bonds. The van der Waals surface area contributed by atoms with Gasteiger partial charge in [0.1, 0.15) is 11.8 Å². The minimum Gasteiger partial charge on any atom is -0.495 e. The number of nitrogens with zero attached hydrogens (tertiary/aromatic N) is 1. The Bertz CT molecular complexity index is 1180. The van der Waals surface area contributed by atoms with E-state index in [0.29, 0.717) is 10.8 Å². The Morgan fingerprint density at radius 2 is 1.83 bits per heavy atom. The van der Waals surface area contributed by atoms with Gasteiger partial charge in [0, 0.05) is 11.6 Å². The number of rotatable bonds is 7. The van der Waals surface area contributed by atoms with Gasteiger partial charge in [0.15, 0.2) is 0 Å². The van der Waals surface area contributed by atoms with Crippen molar-refractivity contribution in [1.29, 1.82) is 0 Å². The number of anilines is 1. The third-order valence-corrected chi connectivity index (χ3v) is 6.26. The van der Waals surface area contributed by atoms with E-state index >= 15 is 0 Å². The SMILES string of the molecule is COc1ccc(Cl)cc1N(C(C)C(=O)NCc1cccc2ccccc12)S(C)(=O)=O. The molecule has 0 aliphatic heterocycles. The van der Waals surface area contributed by atoms with Gasteiger partial charge in [-0.3, -0.25) is 9.10 Å². The van der Waals surface area contributed by atoms with Crippen molar-refractivity contribution in [3.05, 3.63) is 71.2 Å². The fraction of sp³-hybridized carbons (Fsp3) is 0.227. The first-order chi connectivity index (χ1) is 14.2. The van der Waals surface area contributed by atoms with Gasteiger partial charge in [0.05, 0.1) is 19.1 Å². The molecule has 0 saturated carbocycles. The third-order valence-electron chi connectivity index (χ3n) is 4.80. The molecule has 0 fully saturated rings. The molecule has 1 atom stereocenters. The molecule has 0 aliphatic carbocycles. The number of hydrogen-bond donors (Lipinski definition) is 1. The summed E-state index contributed by atoms with van der Waals surface area (Å²) in [4.78, 5) is 12.9. The number of carbonyl (C=O) groups excluding carboxylic acids is 1. The van der Waals surface area contributed by atoms with Crippen LogP contribution in [0.15, 0.2) is 60.7 Å². The van der Waals surface area contributed by atoms with Crippen molar-refractivity contribution in [2.75, 3.05) is 17.7 Å². The highest BCUT2D eigenvalue weighted by Gasteiger charge is 2.31. The van der Waals surface area contributed by atoms with Crippen LogP contribution in [0.2, 0.25) is 5.02 Å². The van der Waals surface area contributed by atoms with E-state index in [9.17, 15) is 13.2 Å². The lowest BCUT2D eigenvalue weighted by atomic mass is 10.0. The lowest BCUT2D eigenvalue weighted by Gasteiger charge is -2.29. The zero-order valence-electron chi connectivity index (χ0n) is 16.9. The molecule has 8 heteroatoms. The summed E-state index contributed by atoms with van der Waals surface area (Å²) >= 11 is 6.07. The first kappa shape index (κ1) is 21.9. The van der Waals surface area contributed by atoms with Crippen molar-refractivity contribution in [3.63, 3.8) is 0 Å². The maximum absolute atomic E-state index is 12.9. The normalized spacial score (nSPS) is 12.4. The van der Waals surface area contributed by atoms with E-state index in [1.54, 1.807) is 12.1 Å². The Labute approximate surface area is 181 Å². The molecule has 30 heavy (non-hydrogen) atoms. The number of methoxy groups -OCH3 is 1. The summed E-state index contributed by atoms with van der Waals surface area (Å²) in [5.74, 6) is -0.131. The molecule has 0 radical (unpaired) electrons. The Kier molecular flexibility index (Phi) is 6.53. The van der Waals surface area contributed by atoms with E-state index in [2.05, 4.69) is 5.32 Å².